The molecule has 1 saturated heterocycles. The van der Waals surface area contributed by atoms with Crippen LogP contribution in [0.4, 0.5) is 0 Å². The molecule has 0 aromatic heterocycles. The molecular weight excluding hydrogens is 260 g/mol. The lowest BCUT2D eigenvalue weighted by atomic mass is 10.1. The van der Waals surface area contributed by atoms with Gasteiger partial charge < -0.3 is 0 Å². The Morgan fingerprint density at radius 1 is 1.21 bits per heavy atom. The molecule has 1 atom stereocenters. The van der Waals surface area contributed by atoms with E-state index in [0.717, 1.165) is 25.7 Å². The summed E-state index contributed by atoms with van der Waals surface area (Å²) in [5.41, 5.74) is 0.475. The molecular formula is C14H18N2O2S. The van der Waals surface area contributed by atoms with Crippen LogP contribution < -0.4 is 0 Å². The molecule has 1 unspecified atom stereocenters. The minimum absolute atomic E-state index is 0.0446. The van der Waals surface area contributed by atoms with Gasteiger partial charge in [-0.3, -0.25) is 0 Å². The van der Waals surface area contributed by atoms with Crippen LogP contribution >= 0.6 is 0 Å². The van der Waals surface area contributed by atoms with Crippen LogP contribution in [-0.2, 0) is 10.0 Å². The number of hydrogen-bond donors (Lipinski definition) is 0. The summed E-state index contributed by atoms with van der Waals surface area (Å²) in [6.45, 7) is 2.55. The first kappa shape index (κ1) is 14.0. The molecule has 5 heteroatoms. The van der Waals surface area contributed by atoms with Gasteiger partial charge in [0.2, 0.25) is 10.0 Å². The molecule has 1 aromatic rings. The Labute approximate surface area is 114 Å². The second-order valence-corrected chi connectivity index (χ2v) is 6.84. The summed E-state index contributed by atoms with van der Waals surface area (Å²) in [6, 6.07) is 8.18. The SMILES string of the molecule is CC1CCCCCN1S(=O)(=O)c1ccc(C#N)cc1. The van der Waals surface area contributed by atoms with E-state index in [4.69, 9.17) is 5.26 Å². The highest BCUT2D eigenvalue weighted by Gasteiger charge is 2.29. The highest BCUT2D eigenvalue weighted by Crippen LogP contribution is 2.24. The highest BCUT2D eigenvalue weighted by molar-refractivity contribution is 7.89. The largest absolute Gasteiger partial charge is 0.243 e. The van der Waals surface area contributed by atoms with Crippen molar-refractivity contribution in [1.29, 1.82) is 5.26 Å². The van der Waals surface area contributed by atoms with E-state index < -0.39 is 10.0 Å². The molecule has 4 nitrogen and oxygen atoms in total. The first-order valence-corrected chi connectivity index (χ1v) is 8.02. The molecule has 102 valence electrons. The van der Waals surface area contributed by atoms with Crippen LogP contribution in [0, 0.1) is 11.3 Å². The van der Waals surface area contributed by atoms with Crippen LogP contribution in [0.3, 0.4) is 0 Å². The van der Waals surface area contributed by atoms with Gasteiger partial charge in [-0.05, 0) is 44.0 Å². The van der Waals surface area contributed by atoms with E-state index in [2.05, 4.69) is 0 Å². The third-order valence-electron chi connectivity index (χ3n) is 3.58. The molecule has 19 heavy (non-hydrogen) atoms. The zero-order chi connectivity index (χ0) is 13.9. The molecule has 0 N–H and O–H groups in total. The van der Waals surface area contributed by atoms with Crippen molar-refractivity contribution in [3.8, 4) is 6.07 Å². The van der Waals surface area contributed by atoms with Crippen molar-refractivity contribution in [2.75, 3.05) is 6.54 Å². The molecule has 0 saturated carbocycles. The summed E-state index contributed by atoms with van der Waals surface area (Å²) in [6.07, 6.45) is 4.00. The molecule has 1 aromatic carbocycles. The molecule has 1 fully saturated rings. The minimum atomic E-state index is -3.44. The molecule has 1 aliphatic heterocycles. The van der Waals surface area contributed by atoms with Gasteiger partial charge in [0.1, 0.15) is 0 Å². The van der Waals surface area contributed by atoms with Crippen molar-refractivity contribution in [2.45, 2.75) is 43.5 Å². The molecule has 0 bridgehead atoms. The standard InChI is InChI=1S/C14H18N2O2S/c1-12-5-3-2-4-10-16(12)19(17,18)14-8-6-13(11-15)7-9-14/h6-9,12H,2-5,10H2,1H3. The van der Waals surface area contributed by atoms with E-state index in [9.17, 15) is 8.42 Å². The lowest BCUT2D eigenvalue weighted by Crippen LogP contribution is -2.38. The van der Waals surface area contributed by atoms with E-state index in [0.29, 0.717) is 12.1 Å². The Bertz CT molecular complexity index is 572. The van der Waals surface area contributed by atoms with Crippen LogP contribution in [0.2, 0.25) is 0 Å². The zero-order valence-corrected chi connectivity index (χ0v) is 11.9. The van der Waals surface area contributed by atoms with E-state index in [1.165, 1.54) is 12.1 Å². The maximum absolute atomic E-state index is 12.6. The van der Waals surface area contributed by atoms with Gasteiger partial charge in [-0.25, -0.2) is 8.42 Å². The second kappa shape index (κ2) is 5.72. The van der Waals surface area contributed by atoms with Crippen molar-refractivity contribution in [2.24, 2.45) is 0 Å². The number of hydrogen-bond acceptors (Lipinski definition) is 3. The van der Waals surface area contributed by atoms with E-state index in [1.54, 1.807) is 16.4 Å². The van der Waals surface area contributed by atoms with E-state index in [1.807, 2.05) is 13.0 Å². The van der Waals surface area contributed by atoms with E-state index in [-0.39, 0.29) is 10.9 Å². The topological polar surface area (TPSA) is 61.2 Å². The molecule has 1 aliphatic rings. The van der Waals surface area contributed by atoms with Crippen molar-refractivity contribution in [3.05, 3.63) is 29.8 Å². The lowest BCUT2D eigenvalue weighted by molar-refractivity contribution is 0.342. The van der Waals surface area contributed by atoms with Crippen molar-refractivity contribution in [3.63, 3.8) is 0 Å². The second-order valence-electron chi connectivity index (χ2n) is 4.95. The van der Waals surface area contributed by atoms with Gasteiger partial charge in [-0.1, -0.05) is 12.8 Å². The summed E-state index contributed by atoms with van der Waals surface area (Å²) >= 11 is 0. The van der Waals surface area contributed by atoms with Gasteiger partial charge >= 0.3 is 0 Å². The van der Waals surface area contributed by atoms with Crippen LogP contribution in [-0.4, -0.2) is 25.3 Å². The first-order chi connectivity index (χ1) is 9.05. The fourth-order valence-electron chi connectivity index (χ4n) is 2.44. The Balaban J connectivity index is 2.32. The number of sulfonamides is 1. The number of rotatable bonds is 2. The van der Waals surface area contributed by atoms with Crippen molar-refractivity contribution < 1.29 is 8.42 Å². The Morgan fingerprint density at radius 3 is 2.53 bits per heavy atom. The van der Waals surface area contributed by atoms with Crippen molar-refractivity contribution in [1.82, 2.24) is 4.31 Å². The maximum Gasteiger partial charge on any atom is 0.243 e. The monoisotopic (exact) mass is 278 g/mol. The summed E-state index contributed by atoms with van der Waals surface area (Å²) in [7, 11) is -3.44. The highest BCUT2D eigenvalue weighted by atomic mass is 32.2. The van der Waals surface area contributed by atoms with Gasteiger partial charge in [0.05, 0.1) is 16.5 Å². The van der Waals surface area contributed by atoms with Crippen LogP contribution in [0.1, 0.15) is 38.2 Å². The predicted molar refractivity (Wildman–Crippen MR) is 73.0 cm³/mol. The Kier molecular flexibility index (Phi) is 4.23. The van der Waals surface area contributed by atoms with Gasteiger partial charge in [0.25, 0.3) is 0 Å². The van der Waals surface area contributed by atoms with Crippen LogP contribution in [0.15, 0.2) is 29.2 Å². The average molecular weight is 278 g/mol. The Hall–Kier alpha value is -1.38. The maximum atomic E-state index is 12.6. The molecule has 1 heterocycles. The van der Waals surface area contributed by atoms with Crippen molar-refractivity contribution >= 4 is 10.0 Å². The number of nitriles is 1. The fraction of sp³-hybridized carbons (Fsp3) is 0.500. The minimum Gasteiger partial charge on any atom is -0.207 e. The predicted octanol–water partition coefficient (Wildman–Crippen LogP) is 2.51. The third kappa shape index (κ3) is 2.96. The summed E-state index contributed by atoms with van der Waals surface area (Å²) in [5, 5.41) is 8.75. The Morgan fingerprint density at radius 2 is 1.89 bits per heavy atom. The number of benzene rings is 1. The van der Waals surface area contributed by atoms with E-state index >= 15 is 0 Å². The number of nitrogens with zero attached hydrogens (tertiary/aromatic N) is 2. The quantitative estimate of drug-likeness (QED) is 0.835. The van der Waals surface area contributed by atoms with Gasteiger partial charge in [-0.2, -0.15) is 9.57 Å². The van der Waals surface area contributed by atoms with Gasteiger partial charge in [0, 0.05) is 12.6 Å². The molecule has 0 amide bonds. The average Bonchev–Trinajstić information content (AvgIpc) is 2.64. The summed E-state index contributed by atoms with van der Waals surface area (Å²) in [4.78, 5) is 0.278. The molecule has 0 spiro atoms. The fourth-order valence-corrected chi connectivity index (χ4v) is 4.14. The van der Waals surface area contributed by atoms with Gasteiger partial charge in [0.15, 0.2) is 0 Å². The van der Waals surface area contributed by atoms with Gasteiger partial charge in [-0.15, -0.1) is 0 Å². The normalized spacial score (nSPS) is 21.6. The summed E-state index contributed by atoms with van der Waals surface area (Å²) < 4.78 is 26.8. The molecule has 2 rings (SSSR count). The molecule has 0 aliphatic carbocycles. The third-order valence-corrected chi connectivity index (χ3v) is 5.61. The van der Waals surface area contributed by atoms with Crippen LogP contribution in [0.25, 0.3) is 0 Å². The lowest BCUT2D eigenvalue weighted by Gasteiger charge is -2.26. The summed E-state index contributed by atoms with van der Waals surface area (Å²) in [5.74, 6) is 0. The van der Waals surface area contributed by atoms with Crippen LogP contribution in [0.5, 0.6) is 0 Å². The smallest absolute Gasteiger partial charge is 0.207 e. The first-order valence-electron chi connectivity index (χ1n) is 6.58. The molecule has 0 radical (unpaired) electrons. The zero-order valence-electron chi connectivity index (χ0n) is 11.0.